The number of para-hydroxylation sites is 8. The molecule has 0 heterocycles. The lowest BCUT2D eigenvalue weighted by Crippen LogP contribution is -2.25. The summed E-state index contributed by atoms with van der Waals surface area (Å²) in [5, 5.41) is 0. The third-order valence-electron chi connectivity index (χ3n) is 10.9. The summed E-state index contributed by atoms with van der Waals surface area (Å²) in [4.78, 5) is 1.62. The Kier molecular flexibility index (Phi) is 17.6. The first kappa shape index (κ1) is 52.9. The van der Waals surface area contributed by atoms with Crippen LogP contribution in [0.3, 0.4) is 0 Å². The van der Waals surface area contributed by atoms with Gasteiger partial charge in [0.1, 0.15) is 11.5 Å². The van der Waals surface area contributed by atoms with E-state index in [0.29, 0.717) is 57.5 Å². The lowest BCUT2D eigenvalue weighted by atomic mass is 9.72. The molecule has 0 fully saturated rings. The Balaban J connectivity index is 1.52. The molecular weight excluding hydrogens is 927 g/mol. The Morgan fingerprint density at radius 1 is 0.333 bits per heavy atom. The molecule has 0 aliphatic rings. The summed E-state index contributed by atoms with van der Waals surface area (Å²) in [6.45, 7) is 22.8. The molecule has 0 aliphatic carbocycles. The SMILES string of the molecule is COc1ccccc1OP(Oc1ccccc1OC)Oc1ccc(C(C)(C)CC(C)(C)C)cc1Sc1cc(C(C)(C)CC(C)(C)C)ccc1OP(Oc1ccccc1OC)Oc1ccccc1OC. The van der Waals surface area contributed by atoms with E-state index in [1.807, 2.05) is 109 Å². The lowest BCUT2D eigenvalue weighted by Gasteiger charge is -2.34. The van der Waals surface area contributed by atoms with Crippen LogP contribution in [-0.4, -0.2) is 28.4 Å². The third kappa shape index (κ3) is 14.8. The molecule has 0 atom stereocenters. The highest BCUT2D eigenvalue weighted by molar-refractivity contribution is 7.99. The smallest absolute Gasteiger partial charge is 0.493 e. The van der Waals surface area contributed by atoms with Gasteiger partial charge in [-0.15, -0.1) is 0 Å². The minimum Gasteiger partial charge on any atom is -0.493 e. The van der Waals surface area contributed by atoms with Gasteiger partial charge < -0.3 is 46.1 Å². The molecule has 69 heavy (non-hydrogen) atoms. The van der Waals surface area contributed by atoms with Crippen LogP contribution >= 0.6 is 29.0 Å². The highest BCUT2D eigenvalue weighted by Gasteiger charge is 2.33. The van der Waals surface area contributed by atoms with Gasteiger partial charge in [-0.25, -0.2) is 0 Å². The van der Waals surface area contributed by atoms with Crippen LogP contribution in [0, 0.1) is 10.8 Å². The van der Waals surface area contributed by atoms with Crippen LogP contribution in [0.25, 0.3) is 0 Å². The predicted octanol–water partition coefficient (Wildman–Crippen LogP) is 16.8. The van der Waals surface area contributed by atoms with Gasteiger partial charge in [0.2, 0.25) is 0 Å². The van der Waals surface area contributed by atoms with Crippen molar-refractivity contribution in [2.75, 3.05) is 28.4 Å². The molecule has 368 valence electrons. The van der Waals surface area contributed by atoms with Crippen LogP contribution in [0.5, 0.6) is 57.5 Å². The van der Waals surface area contributed by atoms with Gasteiger partial charge in [0.05, 0.1) is 38.2 Å². The largest absolute Gasteiger partial charge is 0.530 e. The zero-order valence-electron chi connectivity index (χ0n) is 42.5. The second-order valence-corrected chi connectivity index (χ2v) is 23.3. The van der Waals surface area contributed by atoms with Gasteiger partial charge in [0.15, 0.2) is 46.0 Å². The minimum absolute atomic E-state index is 0.0550. The Morgan fingerprint density at radius 2 is 0.580 bits per heavy atom. The first-order chi connectivity index (χ1) is 32.7. The number of benzene rings is 6. The predicted molar refractivity (Wildman–Crippen MR) is 281 cm³/mol. The van der Waals surface area contributed by atoms with E-state index in [2.05, 4.69) is 93.5 Å². The minimum atomic E-state index is -2.18. The maximum atomic E-state index is 6.96. The average Bonchev–Trinajstić information content (AvgIpc) is 3.29. The van der Waals surface area contributed by atoms with Crippen LogP contribution in [0.1, 0.15) is 93.2 Å². The molecule has 0 spiro atoms. The van der Waals surface area contributed by atoms with Gasteiger partial charge >= 0.3 is 17.2 Å². The van der Waals surface area contributed by atoms with Crippen LogP contribution in [0.2, 0.25) is 0 Å². The first-order valence-corrected chi connectivity index (χ1v) is 25.9. The van der Waals surface area contributed by atoms with Crippen molar-refractivity contribution >= 4 is 29.0 Å². The maximum Gasteiger partial charge on any atom is 0.530 e. The van der Waals surface area contributed by atoms with E-state index in [1.54, 1.807) is 28.4 Å². The number of ether oxygens (including phenoxy) is 4. The van der Waals surface area contributed by atoms with Crippen molar-refractivity contribution in [3.05, 3.63) is 145 Å². The van der Waals surface area contributed by atoms with E-state index in [9.17, 15) is 0 Å². The van der Waals surface area contributed by atoms with Gasteiger partial charge in [-0.05, 0) is 118 Å². The van der Waals surface area contributed by atoms with Crippen molar-refractivity contribution in [2.24, 2.45) is 10.8 Å². The summed E-state index contributed by atoms with van der Waals surface area (Å²) < 4.78 is 63.1. The normalized spacial score (nSPS) is 12.1. The quantitative estimate of drug-likeness (QED) is 0.0609. The molecule has 0 amide bonds. The van der Waals surface area contributed by atoms with Gasteiger partial charge in [0, 0.05) is 0 Å². The van der Waals surface area contributed by atoms with Gasteiger partial charge in [-0.1, -0.05) is 142 Å². The van der Waals surface area contributed by atoms with E-state index in [-0.39, 0.29) is 21.7 Å². The third-order valence-corrected chi connectivity index (χ3v) is 14.1. The second-order valence-electron chi connectivity index (χ2n) is 20.3. The fourth-order valence-electron chi connectivity index (χ4n) is 8.51. The van der Waals surface area contributed by atoms with Crippen molar-refractivity contribution in [2.45, 2.75) is 103 Å². The first-order valence-electron chi connectivity index (χ1n) is 22.9. The van der Waals surface area contributed by atoms with Gasteiger partial charge in [-0.3, -0.25) is 0 Å². The zero-order valence-corrected chi connectivity index (χ0v) is 45.1. The molecule has 13 heteroatoms. The van der Waals surface area contributed by atoms with Crippen molar-refractivity contribution in [1.82, 2.24) is 0 Å². The molecular formula is C56H68O10P2S. The zero-order chi connectivity index (χ0) is 50.0. The second kappa shape index (κ2) is 23.0. The van der Waals surface area contributed by atoms with Crippen LogP contribution < -0.4 is 46.1 Å². The Morgan fingerprint density at radius 3 is 0.826 bits per heavy atom. The molecule has 0 unspecified atom stereocenters. The van der Waals surface area contributed by atoms with Crippen molar-refractivity contribution in [3.63, 3.8) is 0 Å². The molecule has 10 nitrogen and oxygen atoms in total. The number of rotatable bonds is 22. The van der Waals surface area contributed by atoms with Gasteiger partial charge in [0.25, 0.3) is 0 Å². The van der Waals surface area contributed by atoms with Crippen LogP contribution in [-0.2, 0) is 10.8 Å². The van der Waals surface area contributed by atoms with Crippen molar-refractivity contribution < 1.29 is 46.1 Å². The molecule has 6 aromatic rings. The molecule has 0 aliphatic heterocycles. The summed E-state index contributed by atoms with van der Waals surface area (Å²) in [5.74, 6) is 5.04. The fourth-order valence-corrected chi connectivity index (χ4v) is 11.8. The average molecular weight is 995 g/mol. The molecule has 0 aromatic heterocycles. The fraction of sp³-hybridized carbons (Fsp3) is 0.357. The maximum absolute atomic E-state index is 6.96. The summed E-state index contributed by atoms with van der Waals surface area (Å²) in [5.41, 5.74) is 1.96. The van der Waals surface area contributed by atoms with E-state index >= 15 is 0 Å². The summed E-state index contributed by atoms with van der Waals surface area (Å²) in [7, 11) is 2.05. The molecule has 0 N–H and O–H groups in total. The van der Waals surface area contributed by atoms with E-state index in [0.717, 1.165) is 33.8 Å². The van der Waals surface area contributed by atoms with E-state index in [1.165, 1.54) is 11.8 Å². The Bertz CT molecular complexity index is 2340. The lowest BCUT2D eigenvalue weighted by molar-refractivity contribution is 0.283. The highest BCUT2D eigenvalue weighted by atomic mass is 32.2. The molecule has 0 radical (unpaired) electrons. The standard InChI is InChI=1S/C56H68O10P2S/c1-53(2,3)37-55(7,8)39-31-33-49(65-67(61-45-27-19-15-23-41(45)57-11)62-46-28-20-16-24-42(46)58-12)51(35-39)69-52-36-40(56(9,10)38-54(4,5)6)32-34-50(52)66-68(63-47-29-21-17-25-43(47)59-13)64-48-30-22-18-26-44(48)60-14/h15-36H,37-38H2,1-14H3. The summed E-state index contributed by atoms with van der Waals surface area (Å²) >= 11 is 1.53. The summed E-state index contributed by atoms with van der Waals surface area (Å²) in [6, 6.07) is 42.4. The van der Waals surface area contributed by atoms with E-state index < -0.39 is 17.2 Å². The topological polar surface area (TPSA) is 92.3 Å². The Labute approximate surface area is 417 Å². The molecule has 0 saturated carbocycles. The number of methoxy groups -OCH3 is 4. The summed E-state index contributed by atoms with van der Waals surface area (Å²) in [6.07, 6.45) is 1.86. The van der Waals surface area contributed by atoms with E-state index in [4.69, 9.17) is 46.1 Å². The molecule has 0 bridgehead atoms. The van der Waals surface area contributed by atoms with Crippen LogP contribution in [0.15, 0.2) is 143 Å². The van der Waals surface area contributed by atoms with Gasteiger partial charge in [-0.2, -0.15) is 0 Å². The highest BCUT2D eigenvalue weighted by Crippen LogP contribution is 2.54. The molecule has 6 aromatic carbocycles. The van der Waals surface area contributed by atoms with Crippen molar-refractivity contribution in [1.29, 1.82) is 0 Å². The Hall–Kier alpha value is -5.47. The van der Waals surface area contributed by atoms with Crippen molar-refractivity contribution in [3.8, 4) is 57.5 Å². The number of hydrogen-bond acceptors (Lipinski definition) is 11. The van der Waals surface area contributed by atoms with Crippen LogP contribution in [0.4, 0.5) is 0 Å². The molecule has 6 rings (SSSR count). The number of hydrogen-bond donors (Lipinski definition) is 0. The monoisotopic (exact) mass is 994 g/mol. The molecule has 0 saturated heterocycles.